The summed E-state index contributed by atoms with van der Waals surface area (Å²) in [6.07, 6.45) is 7.89. The topological polar surface area (TPSA) is 20.2 Å². The molecule has 0 amide bonds. The fourth-order valence-corrected chi connectivity index (χ4v) is 2.07. The molecule has 0 aromatic rings. The Morgan fingerprint density at radius 1 is 0.933 bits per heavy atom. The minimum Gasteiger partial charge on any atom is -0.396 e. The summed E-state index contributed by atoms with van der Waals surface area (Å²) in [6.45, 7) is 9.40. The molecule has 0 aliphatic heterocycles. The Bertz CT molecular complexity index is 131. The van der Waals surface area contributed by atoms with Gasteiger partial charge in [-0.1, -0.05) is 59.8 Å². The fourth-order valence-electron chi connectivity index (χ4n) is 2.07. The van der Waals surface area contributed by atoms with Gasteiger partial charge in [-0.25, -0.2) is 0 Å². The highest BCUT2D eigenvalue weighted by molar-refractivity contribution is 4.68. The maximum Gasteiger partial charge on any atom is 0.0461 e. The summed E-state index contributed by atoms with van der Waals surface area (Å²) in [7, 11) is 0. The summed E-state index contributed by atoms with van der Waals surface area (Å²) in [6, 6.07) is 0. The molecule has 0 aliphatic rings. The van der Waals surface area contributed by atoms with E-state index in [2.05, 4.69) is 27.7 Å². The van der Waals surface area contributed by atoms with E-state index in [1.54, 1.807) is 0 Å². The molecule has 0 aromatic carbocycles. The quantitative estimate of drug-likeness (QED) is 0.569. The minimum absolute atomic E-state index is 0.368. The van der Waals surface area contributed by atoms with E-state index >= 15 is 0 Å². The van der Waals surface area contributed by atoms with E-state index in [0.717, 1.165) is 0 Å². The standard InChI is InChI=1S/C14H30O/c1-5-6-7-8-9-10-14(11-15)13(4)12(2)3/h12-15H,5-11H2,1-4H3. The first kappa shape index (κ1) is 15.0. The van der Waals surface area contributed by atoms with Crippen LogP contribution >= 0.6 is 0 Å². The molecule has 1 nitrogen and oxygen atoms in total. The van der Waals surface area contributed by atoms with Crippen LogP contribution in [0.15, 0.2) is 0 Å². The largest absolute Gasteiger partial charge is 0.396 e. The van der Waals surface area contributed by atoms with Gasteiger partial charge in [0.2, 0.25) is 0 Å². The van der Waals surface area contributed by atoms with Crippen molar-refractivity contribution in [2.24, 2.45) is 17.8 Å². The average molecular weight is 214 g/mol. The average Bonchev–Trinajstić information content (AvgIpc) is 2.22. The molecule has 1 heteroatoms. The molecule has 0 radical (unpaired) electrons. The third-order valence-corrected chi connectivity index (χ3v) is 3.71. The van der Waals surface area contributed by atoms with Crippen molar-refractivity contribution < 1.29 is 5.11 Å². The maximum atomic E-state index is 9.35. The van der Waals surface area contributed by atoms with Gasteiger partial charge < -0.3 is 5.11 Å². The van der Waals surface area contributed by atoms with Crippen molar-refractivity contribution in [3.05, 3.63) is 0 Å². The summed E-state index contributed by atoms with van der Waals surface area (Å²) >= 11 is 0. The van der Waals surface area contributed by atoms with Gasteiger partial charge in [-0.05, 0) is 24.2 Å². The Balaban J connectivity index is 3.61. The van der Waals surface area contributed by atoms with Crippen LogP contribution in [-0.4, -0.2) is 11.7 Å². The SMILES string of the molecule is CCCCCCCC(CO)C(C)C(C)C. The zero-order chi connectivity index (χ0) is 11.7. The van der Waals surface area contributed by atoms with Crippen molar-refractivity contribution in [1.29, 1.82) is 0 Å². The van der Waals surface area contributed by atoms with Crippen molar-refractivity contribution in [3.8, 4) is 0 Å². The molecule has 0 saturated heterocycles. The van der Waals surface area contributed by atoms with Gasteiger partial charge in [0.05, 0.1) is 0 Å². The predicted molar refractivity (Wildman–Crippen MR) is 68.0 cm³/mol. The lowest BCUT2D eigenvalue weighted by Crippen LogP contribution is -2.20. The summed E-state index contributed by atoms with van der Waals surface area (Å²) in [5.41, 5.74) is 0. The first-order valence-electron chi connectivity index (χ1n) is 6.74. The van der Waals surface area contributed by atoms with Gasteiger partial charge >= 0.3 is 0 Å². The first-order chi connectivity index (χ1) is 7.13. The van der Waals surface area contributed by atoms with E-state index in [0.29, 0.717) is 24.4 Å². The van der Waals surface area contributed by atoms with Gasteiger partial charge in [0.25, 0.3) is 0 Å². The van der Waals surface area contributed by atoms with Gasteiger partial charge in [-0.3, -0.25) is 0 Å². The van der Waals surface area contributed by atoms with Gasteiger partial charge in [0.15, 0.2) is 0 Å². The lowest BCUT2D eigenvalue weighted by atomic mass is 9.82. The third-order valence-electron chi connectivity index (χ3n) is 3.71. The predicted octanol–water partition coefficient (Wildman–Crippen LogP) is 4.25. The molecule has 0 spiro atoms. The molecule has 0 aliphatic carbocycles. The highest BCUT2D eigenvalue weighted by atomic mass is 16.3. The Kier molecular flexibility index (Phi) is 9.18. The molecule has 2 atom stereocenters. The fraction of sp³-hybridized carbons (Fsp3) is 1.00. The highest BCUT2D eigenvalue weighted by Gasteiger charge is 2.18. The molecule has 15 heavy (non-hydrogen) atoms. The van der Waals surface area contributed by atoms with Crippen molar-refractivity contribution in [3.63, 3.8) is 0 Å². The second-order valence-electron chi connectivity index (χ2n) is 5.25. The Hall–Kier alpha value is -0.0400. The van der Waals surface area contributed by atoms with E-state index in [-0.39, 0.29) is 0 Å². The Morgan fingerprint density at radius 3 is 2.00 bits per heavy atom. The van der Waals surface area contributed by atoms with Crippen LogP contribution in [0.3, 0.4) is 0 Å². The summed E-state index contributed by atoms with van der Waals surface area (Å²) in [5.74, 6) is 1.87. The molecule has 1 N–H and O–H groups in total. The van der Waals surface area contributed by atoms with Gasteiger partial charge in [0.1, 0.15) is 0 Å². The first-order valence-corrected chi connectivity index (χ1v) is 6.74. The second kappa shape index (κ2) is 9.21. The molecule has 0 fully saturated rings. The van der Waals surface area contributed by atoms with E-state index in [4.69, 9.17) is 0 Å². The molecule has 92 valence electrons. The van der Waals surface area contributed by atoms with Crippen LogP contribution in [0.1, 0.15) is 66.2 Å². The number of hydrogen-bond acceptors (Lipinski definition) is 1. The van der Waals surface area contributed by atoms with Crippen LogP contribution < -0.4 is 0 Å². The summed E-state index contributed by atoms with van der Waals surface area (Å²) in [4.78, 5) is 0. The molecular weight excluding hydrogens is 184 g/mol. The van der Waals surface area contributed by atoms with Crippen LogP contribution in [-0.2, 0) is 0 Å². The zero-order valence-corrected chi connectivity index (χ0v) is 11.1. The minimum atomic E-state index is 0.368. The molecule has 0 heterocycles. The number of aliphatic hydroxyl groups excluding tert-OH is 1. The second-order valence-corrected chi connectivity index (χ2v) is 5.25. The number of aliphatic hydroxyl groups is 1. The zero-order valence-electron chi connectivity index (χ0n) is 11.1. The monoisotopic (exact) mass is 214 g/mol. The molecule has 2 unspecified atom stereocenters. The summed E-state index contributed by atoms with van der Waals surface area (Å²) < 4.78 is 0. The number of unbranched alkanes of at least 4 members (excludes halogenated alkanes) is 4. The van der Waals surface area contributed by atoms with Crippen LogP contribution in [0.4, 0.5) is 0 Å². The Morgan fingerprint density at radius 2 is 1.53 bits per heavy atom. The van der Waals surface area contributed by atoms with Crippen LogP contribution in [0.5, 0.6) is 0 Å². The van der Waals surface area contributed by atoms with Gasteiger partial charge in [-0.2, -0.15) is 0 Å². The van der Waals surface area contributed by atoms with Gasteiger partial charge in [-0.15, -0.1) is 0 Å². The Labute approximate surface area is 96.3 Å². The molecular formula is C14H30O. The van der Waals surface area contributed by atoms with Crippen molar-refractivity contribution >= 4 is 0 Å². The normalized spacial score (nSPS) is 15.6. The number of hydrogen-bond donors (Lipinski definition) is 1. The molecule has 0 saturated carbocycles. The van der Waals surface area contributed by atoms with E-state index in [9.17, 15) is 5.11 Å². The molecule has 0 rings (SSSR count). The third kappa shape index (κ3) is 6.94. The molecule has 0 bridgehead atoms. The van der Waals surface area contributed by atoms with E-state index in [1.807, 2.05) is 0 Å². The van der Waals surface area contributed by atoms with E-state index < -0.39 is 0 Å². The maximum absolute atomic E-state index is 9.35. The summed E-state index contributed by atoms with van der Waals surface area (Å²) in [5, 5.41) is 9.35. The lowest BCUT2D eigenvalue weighted by molar-refractivity contribution is 0.145. The van der Waals surface area contributed by atoms with Crippen LogP contribution in [0, 0.1) is 17.8 Å². The van der Waals surface area contributed by atoms with E-state index in [1.165, 1.54) is 38.5 Å². The van der Waals surface area contributed by atoms with Crippen molar-refractivity contribution in [2.45, 2.75) is 66.2 Å². The van der Waals surface area contributed by atoms with Gasteiger partial charge in [0, 0.05) is 6.61 Å². The number of rotatable bonds is 9. The lowest BCUT2D eigenvalue weighted by Gasteiger charge is -2.25. The van der Waals surface area contributed by atoms with Crippen molar-refractivity contribution in [1.82, 2.24) is 0 Å². The van der Waals surface area contributed by atoms with Crippen LogP contribution in [0.2, 0.25) is 0 Å². The molecule has 0 aromatic heterocycles. The van der Waals surface area contributed by atoms with Crippen molar-refractivity contribution in [2.75, 3.05) is 6.61 Å². The smallest absolute Gasteiger partial charge is 0.0461 e. The van der Waals surface area contributed by atoms with Crippen LogP contribution in [0.25, 0.3) is 0 Å². The highest BCUT2D eigenvalue weighted by Crippen LogP contribution is 2.25.